The van der Waals surface area contributed by atoms with Crippen LogP contribution in [0.25, 0.3) is 0 Å². The van der Waals surface area contributed by atoms with Gasteiger partial charge in [0, 0.05) is 30.1 Å². The van der Waals surface area contributed by atoms with E-state index in [0.29, 0.717) is 24.6 Å². The average Bonchev–Trinajstić information content (AvgIpc) is 3.14. The average molecular weight is 396 g/mol. The van der Waals surface area contributed by atoms with E-state index in [4.69, 9.17) is 5.73 Å². The maximum Gasteiger partial charge on any atom is 0.251 e. The molecule has 0 heterocycles. The molecule has 1 aromatic rings. The molecule has 1 aliphatic rings. The lowest BCUT2D eigenvalue weighted by molar-refractivity contribution is -0.124. The van der Waals surface area contributed by atoms with Crippen LogP contribution in [0.3, 0.4) is 0 Å². The van der Waals surface area contributed by atoms with Gasteiger partial charge in [-0.05, 0) is 49.8 Å². The monoisotopic (exact) mass is 395 g/mol. The number of nitrogens with one attached hydrogen (secondary N) is 2. The Morgan fingerprint density at radius 1 is 1.19 bits per heavy atom. The number of hydrogen-bond donors (Lipinski definition) is 3. The van der Waals surface area contributed by atoms with Crippen molar-refractivity contribution in [3.8, 4) is 0 Å². The SMILES string of the molecule is CC(C)CC(C)(CN)NC(=O)c1ccc(CNC(=O)C2CCCC2)cc1.Cl. The molecular weight excluding hydrogens is 362 g/mol. The number of hydrogen-bond acceptors (Lipinski definition) is 3. The Balaban J connectivity index is 0.00000364. The van der Waals surface area contributed by atoms with Gasteiger partial charge in [-0.3, -0.25) is 9.59 Å². The third-order valence-electron chi connectivity index (χ3n) is 5.13. The Labute approximate surface area is 169 Å². The summed E-state index contributed by atoms with van der Waals surface area (Å²) >= 11 is 0. The van der Waals surface area contributed by atoms with Crippen LogP contribution in [0.5, 0.6) is 0 Å². The molecule has 1 unspecified atom stereocenters. The lowest BCUT2D eigenvalue weighted by Crippen LogP contribution is -2.52. The molecule has 0 bridgehead atoms. The molecule has 2 amide bonds. The zero-order valence-electron chi connectivity index (χ0n) is 16.7. The van der Waals surface area contributed by atoms with Gasteiger partial charge in [0.1, 0.15) is 0 Å². The third kappa shape index (κ3) is 7.15. The molecular formula is C21H34ClN3O2. The van der Waals surface area contributed by atoms with Crippen molar-refractivity contribution in [1.82, 2.24) is 10.6 Å². The Morgan fingerprint density at radius 3 is 2.30 bits per heavy atom. The second-order valence-electron chi connectivity index (χ2n) is 8.21. The molecule has 2 rings (SSSR count). The van der Waals surface area contributed by atoms with Crippen LogP contribution in [-0.4, -0.2) is 23.9 Å². The van der Waals surface area contributed by atoms with Crippen LogP contribution in [0.1, 0.15) is 68.8 Å². The van der Waals surface area contributed by atoms with E-state index >= 15 is 0 Å². The Kier molecular flexibility index (Phi) is 9.27. The first-order chi connectivity index (χ1) is 12.3. The summed E-state index contributed by atoms with van der Waals surface area (Å²) < 4.78 is 0. The van der Waals surface area contributed by atoms with E-state index in [0.717, 1.165) is 37.7 Å². The second kappa shape index (κ2) is 10.7. The highest BCUT2D eigenvalue weighted by Crippen LogP contribution is 2.24. The molecule has 4 N–H and O–H groups in total. The third-order valence-corrected chi connectivity index (χ3v) is 5.13. The number of carbonyl (C=O) groups is 2. The summed E-state index contributed by atoms with van der Waals surface area (Å²) in [7, 11) is 0. The number of nitrogens with two attached hydrogens (primary N) is 1. The minimum atomic E-state index is -0.404. The number of rotatable bonds is 8. The van der Waals surface area contributed by atoms with Gasteiger partial charge in [-0.1, -0.05) is 38.8 Å². The summed E-state index contributed by atoms with van der Waals surface area (Å²) in [5, 5.41) is 6.07. The molecule has 27 heavy (non-hydrogen) atoms. The van der Waals surface area contributed by atoms with Crippen molar-refractivity contribution < 1.29 is 9.59 Å². The second-order valence-corrected chi connectivity index (χ2v) is 8.21. The standard InChI is InChI=1S/C21H33N3O2.ClH/c1-15(2)12-21(3,14-22)24-20(26)18-10-8-16(9-11-18)13-23-19(25)17-6-4-5-7-17;/h8-11,15,17H,4-7,12-14,22H2,1-3H3,(H,23,25)(H,24,26);1H. The van der Waals surface area contributed by atoms with Gasteiger partial charge in [-0.2, -0.15) is 0 Å². The summed E-state index contributed by atoms with van der Waals surface area (Å²) in [6.07, 6.45) is 5.14. The Hall–Kier alpha value is -1.59. The molecule has 1 atom stereocenters. The molecule has 5 nitrogen and oxygen atoms in total. The van der Waals surface area contributed by atoms with Crippen molar-refractivity contribution in [3.05, 3.63) is 35.4 Å². The summed E-state index contributed by atoms with van der Waals surface area (Å²) in [6.45, 7) is 7.13. The Bertz CT molecular complexity index is 612. The molecule has 0 saturated heterocycles. The highest BCUT2D eigenvalue weighted by molar-refractivity contribution is 5.94. The quantitative estimate of drug-likeness (QED) is 0.630. The van der Waals surface area contributed by atoms with E-state index in [1.807, 2.05) is 19.1 Å². The fourth-order valence-electron chi connectivity index (χ4n) is 3.73. The van der Waals surface area contributed by atoms with Crippen molar-refractivity contribution in [2.24, 2.45) is 17.6 Å². The zero-order chi connectivity index (χ0) is 19.2. The molecule has 1 aliphatic carbocycles. The van der Waals surface area contributed by atoms with Gasteiger partial charge in [0.25, 0.3) is 5.91 Å². The van der Waals surface area contributed by atoms with Crippen LogP contribution in [0, 0.1) is 11.8 Å². The van der Waals surface area contributed by atoms with Crippen LogP contribution in [0.4, 0.5) is 0 Å². The lowest BCUT2D eigenvalue weighted by atomic mass is 9.90. The summed E-state index contributed by atoms with van der Waals surface area (Å²) in [4.78, 5) is 24.6. The van der Waals surface area contributed by atoms with Crippen molar-refractivity contribution in [2.75, 3.05) is 6.54 Å². The Morgan fingerprint density at radius 2 is 1.78 bits per heavy atom. The minimum Gasteiger partial charge on any atom is -0.352 e. The molecule has 1 fully saturated rings. The number of amides is 2. The highest BCUT2D eigenvalue weighted by atomic mass is 35.5. The first kappa shape index (κ1) is 23.4. The van der Waals surface area contributed by atoms with E-state index in [1.54, 1.807) is 12.1 Å². The van der Waals surface area contributed by atoms with Crippen LogP contribution in [0.2, 0.25) is 0 Å². The first-order valence-corrected chi connectivity index (χ1v) is 9.72. The number of halogens is 1. The normalized spacial score (nSPS) is 16.5. The van der Waals surface area contributed by atoms with Crippen molar-refractivity contribution in [2.45, 2.75) is 65.0 Å². The molecule has 6 heteroatoms. The van der Waals surface area contributed by atoms with Crippen molar-refractivity contribution in [1.29, 1.82) is 0 Å². The van der Waals surface area contributed by atoms with Gasteiger partial charge in [0.05, 0.1) is 0 Å². The largest absolute Gasteiger partial charge is 0.352 e. The fraction of sp³-hybridized carbons (Fsp3) is 0.619. The zero-order valence-corrected chi connectivity index (χ0v) is 17.5. The topological polar surface area (TPSA) is 84.2 Å². The first-order valence-electron chi connectivity index (χ1n) is 9.72. The lowest BCUT2D eigenvalue weighted by Gasteiger charge is -2.31. The van der Waals surface area contributed by atoms with Crippen LogP contribution in [-0.2, 0) is 11.3 Å². The molecule has 1 saturated carbocycles. The van der Waals surface area contributed by atoms with Gasteiger partial charge in [0.2, 0.25) is 5.91 Å². The van der Waals surface area contributed by atoms with Gasteiger partial charge in [-0.25, -0.2) is 0 Å². The van der Waals surface area contributed by atoms with Crippen LogP contribution < -0.4 is 16.4 Å². The van der Waals surface area contributed by atoms with E-state index in [1.165, 1.54) is 0 Å². The molecule has 0 aromatic heterocycles. The molecule has 0 aliphatic heterocycles. The van der Waals surface area contributed by atoms with E-state index in [-0.39, 0.29) is 30.1 Å². The predicted octanol–water partition coefficient (Wildman–Crippen LogP) is 3.41. The molecule has 1 aromatic carbocycles. The van der Waals surface area contributed by atoms with Crippen molar-refractivity contribution >= 4 is 24.2 Å². The number of carbonyl (C=O) groups excluding carboxylic acids is 2. The van der Waals surface area contributed by atoms with E-state index in [2.05, 4.69) is 24.5 Å². The van der Waals surface area contributed by atoms with E-state index < -0.39 is 5.54 Å². The summed E-state index contributed by atoms with van der Waals surface area (Å²) in [5.41, 5.74) is 7.07. The van der Waals surface area contributed by atoms with Gasteiger partial charge >= 0.3 is 0 Å². The summed E-state index contributed by atoms with van der Waals surface area (Å²) in [6, 6.07) is 7.40. The maximum atomic E-state index is 12.5. The van der Waals surface area contributed by atoms with Crippen molar-refractivity contribution in [3.63, 3.8) is 0 Å². The summed E-state index contributed by atoms with van der Waals surface area (Å²) in [5.74, 6) is 0.668. The van der Waals surface area contributed by atoms with Gasteiger partial charge in [0.15, 0.2) is 0 Å². The highest BCUT2D eigenvalue weighted by Gasteiger charge is 2.26. The number of benzene rings is 1. The molecule has 0 spiro atoms. The maximum absolute atomic E-state index is 12.5. The van der Waals surface area contributed by atoms with Gasteiger partial charge < -0.3 is 16.4 Å². The van der Waals surface area contributed by atoms with Gasteiger partial charge in [-0.15, -0.1) is 12.4 Å². The van der Waals surface area contributed by atoms with Crippen LogP contribution >= 0.6 is 12.4 Å². The molecule has 152 valence electrons. The minimum absolute atomic E-state index is 0. The van der Waals surface area contributed by atoms with E-state index in [9.17, 15) is 9.59 Å². The molecule has 0 radical (unpaired) electrons. The fourth-order valence-corrected chi connectivity index (χ4v) is 3.73. The predicted molar refractivity (Wildman–Crippen MR) is 112 cm³/mol. The van der Waals surface area contributed by atoms with Crippen LogP contribution in [0.15, 0.2) is 24.3 Å². The smallest absolute Gasteiger partial charge is 0.251 e.